The maximum atomic E-state index is 12.4. The van der Waals surface area contributed by atoms with Crippen molar-refractivity contribution in [2.45, 2.75) is 33.9 Å². The van der Waals surface area contributed by atoms with Crippen molar-refractivity contribution in [2.75, 3.05) is 7.11 Å². The Morgan fingerprint density at radius 1 is 1.10 bits per heavy atom. The van der Waals surface area contributed by atoms with Crippen LogP contribution in [0, 0.1) is 13.8 Å². The first-order chi connectivity index (χ1) is 14.0. The number of aromatic nitrogens is 2. The van der Waals surface area contributed by atoms with E-state index in [1.807, 2.05) is 51.1 Å². The molecule has 0 saturated carbocycles. The number of methoxy groups -OCH3 is 1. The summed E-state index contributed by atoms with van der Waals surface area (Å²) in [4.78, 5) is 12.4. The molecule has 3 aromatic rings. The average Bonchev–Trinajstić information content (AvgIpc) is 3.21. The van der Waals surface area contributed by atoms with Gasteiger partial charge in [0, 0.05) is 18.3 Å². The summed E-state index contributed by atoms with van der Waals surface area (Å²) in [6.45, 7) is 7.06. The molecule has 5 nitrogen and oxygen atoms in total. The lowest BCUT2D eigenvalue weighted by molar-refractivity contribution is 0.103. The molecule has 0 unspecified atom stereocenters. The average molecular weight is 390 g/mol. The van der Waals surface area contributed by atoms with Crippen LogP contribution in [0.25, 0.3) is 6.08 Å². The highest BCUT2D eigenvalue weighted by molar-refractivity contribution is 6.05. The van der Waals surface area contributed by atoms with Gasteiger partial charge < -0.3 is 9.47 Å². The molecule has 5 heteroatoms. The summed E-state index contributed by atoms with van der Waals surface area (Å²) >= 11 is 0. The summed E-state index contributed by atoms with van der Waals surface area (Å²) in [6.07, 6.45) is 5.01. The summed E-state index contributed by atoms with van der Waals surface area (Å²) in [5.74, 6) is 1.53. The van der Waals surface area contributed by atoms with Gasteiger partial charge in [-0.05, 0) is 67.8 Å². The Bertz CT molecular complexity index is 1030. The molecule has 3 rings (SSSR count). The maximum absolute atomic E-state index is 12.4. The fourth-order valence-electron chi connectivity index (χ4n) is 3.08. The Labute approximate surface area is 171 Å². The first-order valence-corrected chi connectivity index (χ1v) is 9.63. The van der Waals surface area contributed by atoms with E-state index in [4.69, 9.17) is 9.47 Å². The van der Waals surface area contributed by atoms with Crippen molar-refractivity contribution in [1.29, 1.82) is 0 Å². The van der Waals surface area contributed by atoms with Gasteiger partial charge in [0.25, 0.3) is 0 Å². The van der Waals surface area contributed by atoms with Crippen LogP contribution in [0.2, 0.25) is 0 Å². The number of carbonyl (C=O) groups excluding carboxylic acids is 1. The number of rotatable bonds is 8. The number of benzene rings is 2. The number of aryl methyl sites for hydroxylation is 3. The molecule has 0 atom stereocenters. The molecule has 0 radical (unpaired) electrons. The number of carbonyl (C=O) groups is 1. The molecule has 0 spiro atoms. The molecular formula is C24H26N2O3. The largest absolute Gasteiger partial charge is 0.496 e. The van der Waals surface area contributed by atoms with Crippen molar-refractivity contribution in [3.05, 3.63) is 82.7 Å². The predicted molar refractivity (Wildman–Crippen MR) is 115 cm³/mol. The maximum Gasteiger partial charge on any atom is 0.203 e. The molecular weight excluding hydrogens is 364 g/mol. The zero-order valence-electron chi connectivity index (χ0n) is 17.3. The van der Waals surface area contributed by atoms with Crippen LogP contribution in [-0.2, 0) is 13.2 Å². The first kappa shape index (κ1) is 20.4. The summed E-state index contributed by atoms with van der Waals surface area (Å²) in [5.41, 5.74) is 4.64. The number of ether oxygens (including phenoxy) is 2. The Morgan fingerprint density at radius 2 is 1.93 bits per heavy atom. The zero-order valence-corrected chi connectivity index (χ0v) is 17.3. The van der Waals surface area contributed by atoms with E-state index >= 15 is 0 Å². The molecule has 0 aliphatic heterocycles. The van der Waals surface area contributed by atoms with E-state index in [-0.39, 0.29) is 5.78 Å². The molecule has 0 fully saturated rings. The highest BCUT2D eigenvalue weighted by Crippen LogP contribution is 2.25. The van der Waals surface area contributed by atoms with Gasteiger partial charge in [0.15, 0.2) is 0 Å². The molecule has 0 amide bonds. The molecule has 0 N–H and O–H groups in total. The van der Waals surface area contributed by atoms with E-state index in [0.29, 0.717) is 18.8 Å². The summed E-state index contributed by atoms with van der Waals surface area (Å²) in [5, 5.41) is 4.14. The standard InChI is InChI=1S/C24H26N2O3/c1-5-26-21(12-13-25-26)22(27)10-8-19-9-11-23(28-4)20(15-19)16-29-24-14-17(2)6-7-18(24)3/h6-15H,5,16H2,1-4H3/b10-8+. The second-order valence-corrected chi connectivity index (χ2v) is 6.86. The minimum Gasteiger partial charge on any atom is -0.496 e. The van der Waals surface area contributed by atoms with Crippen molar-refractivity contribution in [1.82, 2.24) is 9.78 Å². The lowest BCUT2D eigenvalue weighted by Crippen LogP contribution is -2.07. The lowest BCUT2D eigenvalue weighted by atomic mass is 10.1. The van der Waals surface area contributed by atoms with E-state index in [9.17, 15) is 4.79 Å². The number of nitrogens with zero attached hydrogens (tertiary/aromatic N) is 2. The van der Waals surface area contributed by atoms with Gasteiger partial charge >= 0.3 is 0 Å². The van der Waals surface area contributed by atoms with Crippen LogP contribution in [0.3, 0.4) is 0 Å². The Morgan fingerprint density at radius 3 is 2.69 bits per heavy atom. The number of hydrogen-bond donors (Lipinski definition) is 0. The van der Waals surface area contributed by atoms with Crippen LogP contribution < -0.4 is 9.47 Å². The molecule has 0 aliphatic rings. The minimum absolute atomic E-state index is 0.0756. The van der Waals surface area contributed by atoms with Crippen LogP contribution in [0.1, 0.15) is 39.7 Å². The van der Waals surface area contributed by atoms with Gasteiger partial charge in [0.1, 0.15) is 23.8 Å². The van der Waals surface area contributed by atoms with Gasteiger partial charge in [0.2, 0.25) is 5.78 Å². The third-order valence-corrected chi connectivity index (χ3v) is 4.73. The fraction of sp³-hybridized carbons (Fsp3) is 0.250. The normalized spacial score (nSPS) is 11.0. The minimum atomic E-state index is -0.0756. The third kappa shape index (κ3) is 4.93. The van der Waals surface area contributed by atoms with Crippen molar-refractivity contribution in [3.63, 3.8) is 0 Å². The van der Waals surface area contributed by atoms with Gasteiger partial charge in [-0.2, -0.15) is 5.10 Å². The van der Waals surface area contributed by atoms with Gasteiger partial charge in [0.05, 0.1) is 7.11 Å². The summed E-state index contributed by atoms with van der Waals surface area (Å²) in [7, 11) is 1.64. The third-order valence-electron chi connectivity index (χ3n) is 4.73. The lowest BCUT2D eigenvalue weighted by Gasteiger charge is -2.13. The van der Waals surface area contributed by atoms with Gasteiger partial charge in [-0.3, -0.25) is 9.48 Å². The Hall–Kier alpha value is -3.34. The van der Waals surface area contributed by atoms with E-state index in [1.165, 1.54) is 0 Å². The molecule has 1 aromatic heterocycles. The predicted octanol–water partition coefficient (Wildman–Crippen LogP) is 5.00. The van der Waals surface area contributed by atoms with E-state index in [0.717, 1.165) is 33.8 Å². The van der Waals surface area contributed by atoms with Gasteiger partial charge in [-0.15, -0.1) is 0 Å². The van der Waals surface area contributed by atoms with Crippen molar-refractivity contribution in [2.24, 2.45) is 0 Å². The summed E-state index contributed by atoms with van der Waals surface area (Å²) in [6, 6.07) is 13.7. The molecule has 0 bridgehead atoms. The zero-order chi connectivity index (χ0) is 20.8. The van der Waals surface area contributed by atoms with E-state index in [1.54, 1.807) is 36.2 Å². The van der Waals surface area contributed by atoms with Crippen molar-refractivity contribution in [3.8, 4) is 11.5 Å². The van der Waals surface area contributed by atoms with Crippen molar-refractivity contribution < 1.29 is 14.3 Å². The van der Waals surface area contributed by atoms with Crippen LogP contribution in [-0.4, -0.2) is 22.7 Å². The van der Waals surface area contributed by atoms with E-state index in [2.05, 4.69) is 11.2 Å². The van der Waals surface area contributed by atoms with Gasteiger partial charge in [-0.25, -0.2) is 0 Å². The van der Waals surface area contributed by atoms with Crippen LogP contribution in [0.4, 0.5) is 0 Å². The second-order valence-electron chi connectivity index (χ2n) is 6.86. The van der Waals surface area contributed by atoms with Crippen LogP contribution in [0.5, 0.6) is 11.5 Å². The smallest absolute Gasteiger partial charge is 0.203 e. The molecule has 150 valence electrons. The van der Waals surface area contributed by atoms with E-state index < -0.39 is 0 Å². The van der Waals surface area contributed by atoms with Gasteiger partial charge in [-0.1, -0.05) is 24.3 Å². The van der Waals surface area contributed by atoms with Crippen molar-refractivity contribution >= 4 is 11.9 Å². The van der Waals surface area contributed by atoms with Crippen LogP contribution >= 0.6 is 0 Å². The first-order valence-electron chi connectivity index (χ1n) is 9.63. The Kier molecular flexibility index (Phi) is 6.50. The second kappa shape index (κ2) is 9.24. The highest BCUT2D eigenvalue weighted by Gasteiger charge is 2.09. The number of ketones is 1. The SMILES string of the molecule is CCn1nccc1C(=O)/C=C/c1ccc(OC)c(COc2cc(C)ccc2C)c1. The number of allylic oxidation sites excluding steroid dienone is 1. The molecule has 2 aromatic carbocycles. The summed E-state index contributed by atoms with van der Waals surface area (Å²) < 4.78 is 13.2. The molecule has 0 aliphatic carbocycles. The van der Waals surface area contributed by atoms with Crippen LogP contribution in [0.15, 0.2) is 54.7 Å². The quantitative estimate of drug-likeness (QED) is 0.401. The fourth-order valence-corrected chi connectivity index (χ4v) is 3.08. The highest BCUT2D eigenvalue weighted by atomic mass is 16.5. The molecule has 0 saturated heterocycles. The topological polar surface area (TPSA) is 53.4 Å². The Balaban J connectivity index is 1.78. The molecule has 29 heavy (non-hydrogen) atoms. The monoisotopic (exact) mass is 390 g/mol. The molecule has 1 heterocycles. The number of hydrogen-bond acceptors (Lipinski definition) is 4.